The molecule has 3 N–H and O–H groups in total. The second kappa shape index (κ2) is 4.93. The second-order valence-corrected chi connectivity index (χ2v) is 4.64. The molecule has 2 aliphatic rings. The Morgan fingerprint density at radius 3 is 2.89 bits per heavy atom. The lowest BCUT2D eigenvalue weighted by Gasteiger charge is -2.31. The molecule has 0 aromatic rings. The highest BCUT2D eigenvalue weighted by Crippen LogP contribution is 2.24. The van der Waals surface area contributed by atoms with Crippen LogP contribution in [0.5, 0.6) is 0 Å². The first-order valence-corrected chi connectivity index (χ1v) is 6.20. The van der Waals surface area contributed by atoms with Gasteiger partial charge < -0.3 is 16.0 Å². The molecule has 0 radical (unpaired) electrons. The van der Waals surface area contributed by atoms with E-state index in [0.29, 0.717) is 19.5 Å². The van der Waals surface area contributed by atoms with Crippen molar-refractivity contribution in [2.75, 3.05) is 26.2 Å². The van der Waals surface area contributed by atoms with E-state index in [-0.39, 0.29) is 18.4 Å². The van der Waals surface area contributed by atoms with E-state index in [1.807, 2.05) is 0 Å². The molecule has 2 rings (SSSR count). The van der Waals surface area contributed by atoms with Crippen molar-refractivity contribution in [1.82, 2.24) is 20.9 Å². The summed E-state index contributed by atoms with van der Waals surface area (Å²) in [7, 11) is 0. The molecule has 2 saturated heterocycles. The largest absolute Gasteiger partial charge is 0.355 e. The molecule has 2 heterocycles. The van der Waals surface area contributed by atoms with Gasteiger partial charge in [0.1, 0.15) is 12.1 Å². The molecule has 0 aromatic heterocycles. The minimum absolute atomic E-state index is 0.208. The van der Waals surface area contributed by atoms with Gasteiger partial charge in [0, 0.05) is 13.1 Å². The van der Waals surface area contributed by atoms with E-state index in [0.717, 1.165) is 17.9 Å². The van der Waals surface area contributed by atoms with Crippen LogP contribution in [0.1, 0.15) is 19.8 Å². The Kier molecular flexibility index (Phi) is 3.51. The highest BCUT2D eigenvalue weighted by Gasteiger charge is 2.51. The molecule has 1 unspecified atom stereocenters. The number of amides is 4. The fraction of sp³-hybridized carbons (Fsp3) is 0.727. The Balaban J connectivity index is 2.07. The first kappa shape index (κ1) is 12.8. The molecule has 18 heavy (non-hydrogen) atoms. The number of carbonyl (C=O) groups is 3. The van der Waals surface area contributed by atoms with Gasteiger partial charge in [0.2, 0.25) is 5.91 Å². The number of hydrogen-bond acceptors (Lipinski definition) is 4. The number of likely N-dealkylation sites (N-methyl/N-ethyl adjacent to an activating group) is 1. The van der Waals surface area contributed by atoms with Crippen LogP contribution in [0.15, 0.2) is 0 Å². The van der Waals surface area contributed by atoms with Gasteiger partial charge in [-0.1, -0.05) is 0 Å². The van der Waals surface area contributed by atoms with E-state index in [1.54, 1.807) is 6.92 Å². The predicted octanol–water partition coefficient (Wildman–Crippen LogP) is -1.20. The third-order valence-electron chi connectivity index (χ3n) is 3.31. The number of nitrogens with zero attached hydrogens (tertiary/aromatic N) is 1. The minimum atomic E-state index is -0.845. The van der Waals surface area contributed by atoms with Crippen LogP contribution in [0.25, 0.3) is 0 Å². The first-order valence-electron chi connectivity index (χ1n) is 6.20. The van der Waals surface area contributed by atoms with Crippen LogP contribution in [0.3, 0.4) is 0 Å². The summed E-state index contributed by atoms with van der Waals surface area (Å²) < 4.78 is 0. The van der Waals surface area contributed by atoms with Gasteiger partial charge in [0.15, 0.2) is 0 Å². The second-order valence-electron chi connectivity index (χ2n) is 4.64. The van der Waals surface area contributed by atoms with E-state index >= 15 is 0 Å². The van der Waals surface area contributed by atoms with Gasteiger partial charge in [-0.25, -0.2) is 4.79 Å². The summed E-state index contributed by atoms with van der Waals surface area (Å²) in [5.41, 5.74) is -0.845. The van der Waals surface area contributed by atoms with Gasteiger partial charge >= 0.3 is 6.03 Å². The predicted molar refractivity (Wildman–Crippen MR) is 63.8 cm³/mol. The van der Waals surface area contributed by atoms with Crippen molar-refractivity contribution in [3.63, 3.8) is 0 Å². The molecule has 7 heteroatoms. The zero-order valence-electron chi connectivity index (χ0n) is 10.4. The monoisotopic (exact) mass is 254 g/mol. The lowest BCUT2D eigenvalue weighted by Crippen LogP contribution is -2.57. The van der Waals surface area contributed by atoms with Crippen LogP contribution in [-0.2, 0) is 9.59 Å². The van der Waals surface area contributed by atoms with E-state index in [4.69, 9.17) is 0 Å². The average Bonchev–Trinajstić information content (AvgIpc) is 2.55. The molecule has 4 amide bonds. The fourth-order valence-corrected chi connectivity index (χ4v) is 2.41. The molecular formula is C11H18N4O3. The molecule has 2 aliphatic heterocycles. The Hall–Kier alpha value is -1.63. The van der Waals surface area contributed by atoms with Crippen LogP contribution >= 0.6 is 0 Å². The summed E-state index contributed by atoms with van der Waals surface area (Å²) in [6.45, 7) is 3.34. The minimum Gasteiger partial charge on any atom is -0.355 e. The number of imide groups is 1. The molecule has 0 bridgehead atoms. The zero-order chi connectivity index (χ0) is 13.2. The van der Waals surface area contributed by atoms with Crippen LogP contribution in [0, 0.1) is 0 Å². The van der Waals surface area contributed by atoms with Crippen LogP contribution in [0.4, 0.5) is 4.79 Å². The Morgan fingerprint density at radius 1 is 1.50 bits per heavy atom. The summed E-state index contributed by atoms with van der Waals surface area (Å²) in [6, 6.07) is -0.477. The highest BCUT2D eigenvalue weighted by molar-refractivity contribution is 6.09. The zero-order valence-corrected chi connectivity index (χ0v) is 10.4. The third-order valence-corrected chi connectivity index (χ3v) is 3.31. The maximum atomic E-state index is 12.3. The van der Waals surface area contributed by atoms with Crippen LogP contribution in [0.2, 0.25) is 0 Å². The number of carbonyl (C=O) groups excluding carboxylic acids is 3. The average molecular weight is 254 g/mol. The molecule has 1 atom stereocenters. The van der Waals surface area contributed by atoms with Crippen molar-refractivity contribution in [3.8, 4) is 0 Å². The first-order chi connectivity index (χ1) is 8.59. The number of piperidine rings is 1. The standard InChI is InChI=1S/C11H18N4O3/c1-2-13-8(16)6-15-9(17)11(14-10(15)18)4-3-5-12-7-11/h12H,2-7H2,1H3,(H,13,16)(H,14,18). The van der Waals surface area contributed by atoms with Gasteiger partial charge in [-0.05, 0) is 26.3 Å². The number of hydrogen-bond donors (Lipinski definition) is 3. The van der Waals surface area contributed by atoms with Gasteiger partial charge in [-0.3, -0.25) is 14.5 Å². The Bertz CT molecular complexity index is 376. The number of rotatable bonds is 3. The van der Waals surface area contributed by atoms with Gasteiger partial charge in [-0.2, -0.15) is 0 Å². The molecule has 0 aliphatic carbocycles. The van der Waals surface area contributed by atoms with Gasteiger partial charge in [0.25, 0.3) is 5.91 Å². The Morgan fingerprint density at radius 2 is 2.28 bits per heavy atom. The molecule has 0 aromatic carbocycles. The van der Waals surface area contributed by atoms with Crippen molar-refractivity contribution in [2.24, 2.45) is 0 Å². The lowest BCUT2D eigenvalue weighted by molar-refractivity contribution is -0.135. The van der Waals surface area contributed by atoms with Crippen LogP contribution < -0.4 is 16.0 Å². The van der Waals surface area contributed by atoms with E-state index < -0.39 is 11.6 Å². The van der Waals surface area contributed by atoms with Crippen molar-refractivity contribution >= 4 is 17.8 Å². The number of nitrogens with one attached hydrogen (secondary N) is 3. The van der Waals surface area contributed by atoms with E-state index in [9.17, 15) is 14.4 Å². The van der Waals surface area contributed by atoms with Gasteiger partial charge in [-0.15, -0.1) is 0 Å². The highest BCUT2D eigenvalue weighted by atomic mass is 16.2. The number of urea groups is 1. The van der Waals surface area contributed by atoms with E-state index in [1.165, 1.54) is 0 Å². The summed E-state index contributed by atoms with van der Waals surface area (Å²) in [6.07, 6.45) is 1.46. The maximum absolute atomic E-state index is 12.3. The third kappa shape index (κ3) is 2.17. The summed E-state index contributed by atoms with van der Waals surface area (Å²) in [5.74, 6) is -0.618. The Labute approximate surface area is 105 Å². The molecular weight excluding hydrogens is 236 g/mol. The molecule has 7 nitrogen and oxygen atoms in total. The van der Waals surface area contributed by atoms with Gasteiger partial charge in [0.05, 0.1) is 0 Å². The molecule has 1 spiro atoms. The molecule has 100 valence electrons. The van der Waals surface area contributed by atoms with E-state index in [2.05, 4.69) is 16.0 Å². The van der Waals surface area contributed by atoms with Crippen LogP contribution in [-0.4, -0.2) is 54.5 Å². The van der Waals surface area contributed by atoms with Crippen molar-refractivity contribution in [2.45, 2.75) is 25.3 Å². The SMILES string of the molecule is CCNC(=O)CN1C(=O)NC2(CCCNC2)C1=O. The van der Waals surface area contributed by atoms with Crippen molar-refractivity contribution in [1.29, 1.82) is 0 Å². The summed E-state index contributed by atoms with van der Waals surface area (Å²) in [4.78, 5) is 36.5. The normalized spacial score (nSPS) is 27.5. The topological polar surface area (TPSA) is 90.5 Å². The summed E-state index contributed by atoms with van der Waals surface area (Å²) in [5, 5.41) is 8.39. The smallest absolute Gasteiger partial charge is 0.325 e. The van der Waals surface area contributed by atoms with Crippen molar-refractivity contribution < 1.29 is 14.4 Å². The fourth-order valence-electron chi connectivity index (χ4n) is 2.41. The quantitative estimate of drug-likeness (QED) is 0.552. The summed E-state index contributed by atoms with van der Waals surface area (Å²) >= 11 is 0. The lowest BCUT2D eigenvalue weighted by atomic mass is 9.90. The molecule has 2 fully saturated rings. The molecule has 0 saturated carbocycles. The maximum Gasteiger partial charge on any atom is 0.325 e. The van der Waals surface area contributed by atoms with Crippen molar-refractivity contribution in [3.05, 3.63) is 0 Å².